The van der Waals surface area contributed by atoms with Crippen LogP contribution in [0.4, 0.5) is 23.8 Å². The third-order valence-corrected chi connectivity index (χ3v) is 3.86. The van der Waals surface area contributed by atoms with E-state index in [9.17, 15) is 18.0 Å². The second kappa shape index (κ2) is 6.49. The van der Waals surface area contributed by atoms with Crippen molar-refractivity contribution in [3.63, 3.8) is 0 Å². The van der Waals surface area contributed by atoms with Crippen LogP contribution in [-0.4, -0.2) is 34.7 Å². The molecule has 1 fully saturated rings. The lowest BCUT2D eigenvalue weighted by Gasteiger charge is -2.33. The number of nitrogens with two attached hydrogens (primary N) is 1. The lowest BCUT2D eigenvalue weighted by molar-refractivity contribution is -0.137. The van der Waals surface area contributed by atoms with Gasteiger partial charge in [-0.05, 0) is 51.2 Å². The predicted molar refractivity (Wildman–Crippen MR) is 83.4 cm³/mol. The number of hydrogen-bond acceptors (Lipinski definition) is 4. The van der Waals surface area contributed by atoms with Gasteiger partial charge < -0.3 is 15.4 Å². The van der Waals surface area contributed by atoms with Gasteiger partial charge >= 0.3 is 12.3 Å². The number of anilines is 1. The number of likely N-dealkylation sites (tertiary alicyclic amines) is 1. The number of rotatable bonds is 1. The Morgan fingerprint density at radius 1 is 1.29 bits per heavy atom. The first kappa shape index (κ1) is 18.4. The van der Waals surface area contributed by atoms with Gasteiger partial charge in [-0.15, -0.1) is 0 Å². The number of pyridine rings is 1. The molecule has 0 atom stereocenters. The summed E-state index contributed by atoms with van der Waals surface area (Å²) in [6.07, 6.45) is -2.42. The average Bonchev–Trinajstić information content (AvgIpc) is 2.45. The Morgan fingerprint density at radius 2 is 1.88 bits per heavy atom. The highest BCUT2D eigenvalue weighted by atomic mass is 19.4. The number of nitrogen functional groups attached to an aromatic ring is 1. The minimum absolute atomic E-state index is 0.0853. The molecule has 0 bridgehead atoms. The largest absolute Gasteiger partial charge is 0.444 e. The van der Waals surface area contributed by atoms with E-state index in [4.69, 9.17) is 10.5 Å². The molecule has 0 saturated carbocycles. The van der Waals surface area contributed by atoms with Crippen molar-refractivity contribution in [2.45, 2.75) is 51.3 Å². The number of nitrogens with zero attached hydrogens (tertiary/aromatic N) is 2. The van der Waals surface area contributed by atoms with Crippen LogP contribution in [0.5, 0.6) is 0 Å². The lowest BCUT2D eigenvalue weighted by Crippen LogP contribution is -2.41. The maximum atomic E-state index is 12.9. The fourth-order valence-electron chi connectivity index (χ4n) is 2.66. The number of carbonyl (C=O) groups is 1. The van der Waals surface area contributed by atoms with Crippen LogP contribution in [0.25, 0.3) is 0 Å². The molecule has 134 valence electrons. The molecule has 1 aliphatic rings. The number of halogens is 3. The average molecular weight is 345 g/mol. The van der Waals surface area contributed by atoms with E-state index in [0.29, 0.717) is 31.5 Å². The Kier molecular flexibility index (Phi) is 4.96. The normalized spacial score (nSPS) is 17.0. The topological polar surface area (TPSA) is 68.5 Å². The van der Waals surface area contributed by atoms with Crippen LogP contribution in [0.1, 0.15) is 50.7 Å². The van der Waals surface area contributed by atoms with Crippen LogP contribution in [0.15, 0.2) is 12.3 Å². The van der Waals surface area contributed by atoms with E-state index >= 15 is 0 Å². The van der Waals surface area contributed by atoms with Crippen molar-refractivity contribution >= 4 is 11.9 Å². The maximum absolute atomic E-state index is 12.9. The van der Waals surface area contributed by atoms with E-state index in [1.54, 1.807) is 25.7 Å². The van der Waals surface area contributed by atoms with Crippen molar-refractivity contribution in [3.8, 4) is 0 Å². The van der Waals surface area contributed by atoms with Crippen LogP contribution in [0, 0.1) is 0 Å². The van der Waals surface area contributed by atoms with E-state index in [1.165, 1.54) is 6.20 Å². The van der Waals surface area contributed by atoms with Crippen molar-refractivity contribution in [1.82, 2.24) is 9.88 Å². The van der Waals surface area contributed by atoms with Crippen molar-refractivity contribution in [2.75, 3.05) is 18.8 Å². The standard InChI is InChI=1S/C16H22F3N3O2/c1-15(2,3)24-14(23)22-6-4-10(5-7-22)11-8-12(16(17,18)19)13(20)21-9-11/h8-10H,4-7H2,1-3H3,(H2,20,21). The molecule has 0 unspecified atom stereocenters. The number of amides is 1. The van der Waals surface area contributed by atoms with Crippen LogP contribution >= 0.6 is 0 Å². The SMILES string of the molecule is CC(C)(C)OC(=O)N1CCC(c2cnc(N)c(C(F)(F)F)c2)CC1. The first-order valence-corrected chi connectivity index (χ1v) is 7.78. The summed E-state index contributed by atoms with van der Waals surface area (Å²) in [5.74, 6) is -0.602. The Balaban J connectivity index is 2.04. The van der Waals surface area contributed by atoms with Crippen LogP contribution < -0.4 is 5.73 Å². The van der Waals surface area contributed by atoms with Gasteiger partial charge in [0.1, 0.15) is 11.4 Å². The molecule has 2 rings (SSSR count). The highest BCUT2D eigenvalue weighted by Crippen LogP contribution is 2.36. The Hall–Kier alpha value is -1.99. The molecule has 1 aromatic heterocycles. The van der Waals surface area contributed by atoms with Crippen LogP contribution in [-0.2, 0) is 10.9 Å². The number of alkyl halides is 3. The molecule has 2 N–H and O–H groups in total. The lowest BCUT2D eigenvalue weighted by atomic mass is 9.90. The van der Waals surface area contributed by atoms with Crippen molar-refractivity contribution < 1.29 is 22.7 Å². The first-order chi connectivity index (χ1) is 11.0. The molecule has 1 saturated heterocycles. The zero-order chi connectivity index (χ0) is 18.1. The summed E-state index contributed by atoms with van der Waals surface area (Å²) < 4.78 is 44.1. The van der Waals surface area contributed by atoms with Crippen molar-refractivity contribution in [2.24, 2.45) is 0 Å². The first-order valence-electron chi connectivity index (χ1n) is 7.78. The maximum Gasteiger partial charge on any atom is 0.419 e. The fourth-order valence-corrected chi connectivity index (χ4v) is 2.66. The second-order valence-corrected chi connectivity index (χ2v) is 6.94. The Labute approximate surface area is 139 Å². The Bertz CT molecular complexity index is 604. The summed E-state index contributed by atoms with van der Waals surface area (Å²) in [4.78, 5) is 17.3. The van der Waals surface area contributed by atoms with E-state index in [2.05, 4.69) is 4.98 Å². The zero-order valence-corrected chi connectivity index (χ0v) is 14.0. The molecule has 1 amide bonds. The smallest absolute Gasteiger partial charge is 0.419 e. The number of hydrogen-bond donors (Lipinski definition) is 1. The summed E-state index contributed by atoms with van der Waals surface area (Å²) in [7, 11) is 0. The summed E-state index contributed by atoms with van der Waals surface area (Å²) in [6.45, 7) is 6.24. The van der Waals surface area contributed by atoms with Gasteiger partial charge in [0, 0.05) is 19.3 Å². The van der Waals surface area contributed by atoms with Crippen molar-refractivity contribution in [1.29, 1.82) is 0 Å². The summed E-state index contributed by atoms with van der Waals surface area (Å²) in [5, 5.41) is 0. The van der Waals surface area contributed by atoms with Gasteiger partial charge in [-0.1, -0.05) is 0 Å². The van der Waals surface area contributed by atoms with Gasteiger partial charge in [-0.2, -0.15) is 13.2 Å². The summed E-state index contributed by atoms with van der Waals surface area (Å²) in [6, 6.07) is 1.07. The monoisotopic (exact) mass is 345 g/mol. The summed E-state index contributed by atoms with van der Waals surface area (Å²) >= 11 is 0. The number of carbonyl (C=O) groups excluding carboxylic acids is 1. The quantitative estimate of drug-likeness (QED) is 0.841. The molecule has 2 heterocycles. The predicted octanol–water partition coefficient (Wildman–Crippen LogP) is 3.80. The summed E-state index contributed by atoms with van der Waals surface area (Å²) in [5.41, 5.74) is 4.34. The molecule has 1 aromatic rings. The van der Waals surface area contributed by atoms with Crippen LogP contribution in [0.2, 0.25) is 0 Å². The van der Waals surface area contributed by atoms with Crippen LogP contribution in [0.3, 0.4) is 0 Å². The molecule has 8 heteroatoms. The third-order valence-electron chi connectivity index (χ3n) is 3.86. The van der Waals surface area contributed by atoms with Gasteiger partial charge in [-0.3, -0.25) is 0 Å². The minimum atomic E-state index is -4.52. The highest BCUT2D eigenvalue weighted by molar-refractivity contribution is 5.68. The molecular formula is C16H22F3N3O2. The zero-order valence-electron chi connectivity index (χ0n) is 14.0. The van der Waals surface area contributed by atoms with Gasteiger partial charge in [0.25, 0.3) is 0 Å². The van der Waals surface area contributed by atoms with Crippen molar-refractivity contribution in [3.05, 3.63) is 23.4 Å². The molecule has 0 aromatic carbocycles. The third kappa shape index (κ3) is 4.52. The van der Waals surface area contributed by atoms with Gasteiger partial charge in [0.15, 0.2) is 0 Å². The van der Waals surface area contributed by atoms with Gasteiger partial charge in [-0.25, -0.2) is 9.78 Å². The second-order valence-electron chi connectivity index (χ2n) is 6.94. The van der Waals surface area contributed by atoms with E-state index in [0.717, 1.165) is 6.07 Å². The molecular weight excluding hydrogens is 323 g/mol. The van der Waals surface area contributed by atoms with E-state index < -0.39 is 29.3 Å². The van der Waals surface area contributed by atoms with E-state index in [1.807, 2.05) is 0 Å². The molecule has 0 spiro atoms. The minimum Gasteiger partial charge on any atom is -0.444 e. The number of aromatic nitrogens is 1. The van der Waals surface area contributed by atoms with Gasteiger partial charge in [0.05, 0.1) is 5.56 Å². The number of ether oxygens (including phenoxy) is 1. The molecule has 24 heavy (non-hydrogen) atoms. The number of piperidine rings is 1. The highest BCUT2D eigenvalue weighted by Gasteiger charge is 2.35. The Morgan fingerprint density at radius 3 is 2.38 bits per heavy atom. The molecule has 0 aliphatic carbocycles. The van der Waals surface area contributed by atoms with Gasteiger partial charge in [0.2, 0.25) is 0 Å². The molecule has 1 aliphatic heterocycles. The molecule has 0 radical (unpaired) electrons. The molecule has 5 nitrogen and oxygen atoms in total. The van der Waals surface area contributed by atoms with E-state index in [-0.39, 0.29) is 5.92 Å². The fraction of sp³-hybridized carbons (Fsp3) is 0.625.